The van der Waals surface area contributed by atoms with Crippen molar-refractivity contribution in [2.24, 2.45) is 11.7 Å². The first-order chi connectivity index (χ1) is 10.9. The molecule has 0 bridgehead atoms. The quantitative estimate of drug-likeness (QED) is 0.615. The van der Waals surface area contributed by atoms with Gasteiger partial charge in [-0.1, -0.05) is 34.6 Å². The van der Waals surface area contributed by atoms with E-state index < -0.39 is 0 Å². The smallest absolute Gasteiger partial charge is 0.196 e. The first-order valence-electron chi connectivity index (χ1n) is 8.61. The Balaban J connectivity index is 2.50. The third-order valence-corrected chi connectivity index (χ3v) is 4.16. The van der Waals surface area contributed by atoms with E-state index in [0.717, 1.165) is 42.3 Å². The number of hydrogen-bond donors (Lipinski definition) is 1. The van der Waals surface area contributed by atoms with E-state index in [4.69, 9.17) is 14.9 Å². The number of allylic oxidation sites excluding steroid dienone is 3. The van der Waals surface area contributed by atoms with Crippen LogP contribution in [-0.2, 0) is 4.74 Å². The van der Waals surface area contributed by atoms with Gasteiger partial charge in [-0.15, -0.1) is 0 Å². The van der Waals surface area contributed by atoms with Gasteiger partial charge >= 0.3 is 0 Å². The van der Waals surface area contributed by atoms with E-state index in [1.54, 1.807) is 12.5 Å². The van der Waals surface area contributed by atoms with Crippen LogP contribution in [0.5, 0.6) is 0 Å². The maximum Gasteiger partial charge on any atom is 0.196 e. The Morgan fingerprint density at radius 2 is 2.00 bits per heavy atom. The Bertz CT molecular complexity index is 529. The van der Waals surface area contributed by atoms with Gasteiger partial charge < -0.3 is 14.9 Å². The lowest BCUT2D eigenvalue weighted by molar-refractivity contribution is 0.326. The van der Waals surface area contributed by atoms with Crippen LogP contribution in [0.15, 0.2) is 34.5 Å². The molecule has 23 heavy (non-hydrogen) atoms. The molecular weight excluding hydrogens is 288 g/mol. The molecule has 1 heterocycles. The predicted molar refractivity (Wildman–Crippen MR) is 94.8 cm³/mol. The Morgan fingerprint density at radius 3 is 2.52 bits per heavy atom. The van der Waals surface area contributed by atoms with E-state index in [-0.39, 0.29) is 5.92 Å². The largest absolute Gasteiger partial charge is 0.468 e. The molecule has 0 saturated carbocycles. The molecule has 0 radical (unpaired) electrons. The van der Waals surface area contributed by atoms with Gasteiger partial charge in [0.1, 0.15) is 12.5 Å². The summed E-state index contributed by atoms with van der Waals surface area (Å²) in [5.74, 6) is 2.72. The first kappa shape index (κ1) is 19.3. The second-order valence-corrected chi connectivity index (χ2v) is 6.49. The normalized spacial score (nSPS) is 15.8. The van der Waals surface area contributed by atoms with Gasteiger partial charge in [0.15, 0.2) is 5.89 Å². The summed E-state index contributed by atoms with van der Waals surface area (Å²) >= 11 is 0. The van der Waals surface area contributed by atoms with E-state index >= 15 is 0 Å². The summed E-state index contributed by atoms with van der Waals surface area (Å²) in [5.41, 5.74) is 7.93. The standard InChI is InChI=1S/C19H32N2O2/c1-7-16(8-2)22-11-17(20)14(5)9-10-15(6)18-12-23-19(21-18)13(3)4/h7,11-15H,8-10,20H2,1-6H3/b16-7-,17-11-. The van der Waals surface area contributed by atoms with Gasteiger partial charge in [-0.25, -0.2) is 4.98 Å². The Morgan fingerprint density at radius 1 is 1.30 bits per heavy atom. The highest BCUT2D eigenvalue weighted by Gasteiger charge is 2.15. The van der Waals surface area contributed by atoms with Gasteiger partial charge in [0, 0.05) is 24.0 Å². The number of ether oxygens (including phenoxy) is 1. The Kier molecular flexibility index (Phi) is 7.93. The number of nitrogens with two attached hydrogens (primary N) is 1. The van der Waals surface area contributed by atoms with Crippen LogP contribution < -0.4 is 5.73 Å². The van der Waals surface area contributed by atoms with Gasteiger partial charge in [-0.2, -0.15) is 0 Å². The lowest BCUT2D eigenvalue weighted by atomic mass is 9.95. The van der Waals surface area contributed by atoms with Crippen molar-refractivity contribution >= 4 is 0 Å². The molecule has 0 aliphatic rings. The molecule has 0 aromatic carbocycles. The highest BCUT2D eigenvalue weighted by Crippen LogP contribution is 2.25. The van der Waals surface area contributed by atoms with Crippen LogP contribution in [0.1, 0.15) is 84.2 Å². The number of hydrogen-bond acceptors (Lipinski definition) is 4. The monoisotopic (exact) mass is 320 g/mol. The van der Waals surface area contributed by atoms with Crippen LogP contribution in [0.25, 0.3) is 0 Å². The van der Waals surface area contributed by atoms with Crippen molar-refractivity contribution in [1.29, 1.82) is 0 Å². The van der Waals surface area contributed by atoms with Gasteiger partial charge in [-0.3, -0.25) is 0 Å². The van der Waals surface area contributed by atoms with E-state index in [9.17, 15) is 0 Å². The second-order valence-electron chi connectivity index (χ2n) is 6.49. The number of aromatic nitrogens is 1. The minimum absolute atomic E-state index is 0.281. The zero-order chi connectivity index (χ0) is 17.4. The fourth-order valence-corrected chi connectivity index (χ4v) is 2.22. The summed E-state index contributed by atoms with van der Waals surface area (Å²) in [6.45, 7) is 12.5. The first-order valence-corrected chi connectivity index (χ1v) is 8.61. The van der Waals surface area contributed by atoms with Crippen molar-refractivity contribution in [2.75, 3.05) is 0 Å². The van der Waals surface area contributed by atoms with Crippen LogP contribution in [-0.4, -0.2) is 4.98 Å². The molecule has 4 heteroatoms. The molecule has 1 aromatic heterocycles. The molecule has 0 spiro atoms. The molecule has 4 nitrogen and oxygen atoms in total. The fourth-order valence-electron chi connectivity index (χ4n) is 2.22. The highest BCUT2D eigenvalue weighted by molar-refractivity contribution is 5.06. The molecule has 0 aliphatic heterocycles. The maximum absolute atomic E-state index is 6.12. The summed E-state index contributed by atoms with van der Waals surface area (Å²) in [6.07, 6.45) is 8.31. The predicted octanol–water partition coefficient (Wildman–Crippen LogP) is 5.45. The van der Waals surface area contributed by atoms with Crippen molar-refractivity contribution < 1.29 is 9.15 Å². The highest BCUT2D eigenvalue weighted by atomic mass is 16.5. The van der Waals surface area contributed by atoms with Crippen LogP contribution in [0, 0.1) is 5.92 Å². The van der Waals surface area contributed by atoms with Gasteiger partial charge in [0.25, 0.3) is 0 Å². The lowest BCUT2D eigenvalue weighted by Crippen LogP contribution is -2.10. The van der Waals surface area contributed by atoms with Crippen LogP contribution in [0.3, 0.4) is 0 Å². The van der Waals surface area contributed by atoms with Crippen molar-refractivity contribution in [3.63, 3.8) is 0 Å². The average molecular weight is 320 g/mol. The van der Waals surface area contributed by atoms with Crippen LogP contribution in [0.4, 0.5) is 0 Å². The Labute approximate surface area is 140 Å². The number of oxazole rings is 1. The molecule has 0 saturated heterocycles. The van der Waals surface area contributed by atoms with Gasteiger partial charge in [-0.05, 0) is 31.8 Å². The SMILES string of the molecule is C/C=C(/CC)O/C=C(\N)C(C)CCC(C)c1coc(C(C)C)n1. The average Bonchev–Trinajstić information content (AvgIpc) is 3.03. The van der Waals surface area contributed by atoms with Gasteiger partial charge in [0.2, 0.25) is 0 Å². The fraction of sp³-hybridized carbons (Fsp3) is 0.632. The van der Waals surface area contributed by atoms with Crippen molar-refractivity contribution in [3.05, 3.63) is 41.6 Å². The molecule has 0 fully saturated rings. The molecule has 1 rings (SSSR count). The van der Waals surface area contributed by atoms with E-state index in [1.165, 1.54) is 0 Å². The van der Waals surface area contributed by atoms with E-state index in [0.29, 0.717) is 11.8 Å². The van der Waals surface area contributed by atoms with Gasteiger partial charge in [0.05, 0.1) is 11.5 Å². The molecule has 2 N–H and O–H groups in total. The zero-order valence-corrected chi connectivity index (χ0v) is 15.4. The van der Waals surface area contributed by atoms with E-state index in [1.807, 2.05) is 13.0 Å². The minimum atomic E-state index is 0.281. The minimum Gasteiger partial charge on any atom is -0.468 e. The van der Waals surface area contributed by atoms with Crippen molar-refractivity contribution in [2.45, 2.75) is 72.6 Å². The topological polar surface area (TPSA) is 61.3 Å². The molecule has 0 aliphatic carbocycles. The van der Waals surface area contributed by atoms with Crippen LogP contribution in [0.2, 0.25) is 0 Å². The number of nitrogens with zero attached hydrogens (tertiary/aromatic N) is 1. The maximum atomic E-state index is 6.12. The molecule has 130 valence electrons. The molecule has 2 unspecified atom stereocenters. The number of rotatable bonds is 9. The molecular formula is C19H32N2O2. The molecule has 0 amide bonds. The Hall–Kier alpha value is -1.71. The third-order valence-electron chi connectivity index (χ3n) is 4.16. The molecule has 2 atom stereocenters. The summed E-state index contributed by atoms with van der Waals surface area (Å²) in [6, 6.07) is 0. The summed E-state index contributed by atoms with van der Waals surface area (Å²) in [4.78, 5) is 4.57. The summed E-state index contributed by atoms with van der Waals surface area (Å²) < 4.78 is 11.1. The third kappa shape index (κ3) is 6.12. The van der Waals surface area contributed by atoms with Crippen molar-refractivity contribution in [3.8, 4) is 0 Å². The second kappa shape index (κ2) is 9.43. The molecule has 1 aromatic rings. The zero-order valence-electron chi connectivity index (χ0n) is 15.4. The van der Waals surface area contributed by atoms with Crippen molar-refractivity contribution in [1.82, 2.24) is 4.98 Å². The summed E-state index contributed by atoms with van der Waals surface area (Å²) in [5, 5.41) is 0. The lowest BCUT2D eigenvalue weighted by Gasteiger charge is -2.15. The van der Waals surface area contributed by atoms with Crippen LogP contribution >= 0.6 is 0 Å². The summed E-state index contributed by atoms with van der Waals surface area (Å²) in [7, 11) is 0. The van der Waals surface area contributed by atoms with E-state index in [2.05, 4.69) is 39.6 Å².